The van der Waals surface area contributed by atoms with Crippen LogP contribution in [0.4, 0.5) is 0 Å². The Morgan fingerprint density at radius 1 is 1.18 bits per heavy atom. The number of hydrogen-bond acceptors (Lipinski definition) is 2. The van der Waals surface area contributed by atoms with E-state index in [2.05, 4.69) is 0 Å². The quantitative estimate of drug-likeness (QED) is 0.572. The van der Waals surface area contributed by atoms with Gasteiger partial charge in [0.15, 0.2) is 5.78 Å². The van der Waals surface area contributed by atoms with Crippen LogP contribution >= 0.6 is 0 Å². The maximum Gasteiger partial charge on any atom is 0.181 e. The Morgan fingerprint density at radius 2 is 1.73 bits per heavy atom. The Kier molecular flexibility index (Phi) is 1.96. The third-order valence-electron chi connectivity index (χ3n) is 2.01. The van der Waals surface area contributed by atoms with E-state index in [4.69, 9.17) is 0 Å². The highest BCUT2D eigenvalue weighted by atomic mass is 16.3. The van der Waals surface area contributed by atoms with Gasteiger partial charge in [-0.2, -0.15) is 0 Å². The maximum absolute atomic E-state index is 11.1. The van der Waals surface area contributed by atoms with Gasteiger partial charge in [0.25, 0.3) is 0 Å². The van der Waals surface area contributed by atoms with Crippen molar-refractivity contribution in [2.24, 2.45) is 0 Å². The Labute approximate surface area is 66.2 Å². The Bertz CT molecular complexity index is 259. The highest BCUT2D eigenvalue weighted by Crippen LogP contribution is 2.27. The number of aliphatic hydroxyl groups is 1. The molecule has 0 saturated carbocycles. The zero-order chi connectivity index (χ0) is 8.59. The lowest BCUT2D eigenvalue weighted by molar-refractivity contribution is -0.111. The minimum absolute atomic E-state index is 0.00204. The lowest BCUT2D eigenvalue weighted by atomic mass is 9.91. The van der Waals surface area contributed by atoms with E-state index in [9.17, 15) is 9.90 Å². The van der Waals surface area contributed by atoms with Crippen LogP contribution < -0.4 is 0 Å². The van der Waals surface area contributed by atoms with E-state index in [1.54, 1.807) is 20.8 Å². The van der Waals surface area contributed by atoms with Crippen molar-refractivity contribution in [3.63, 3.8) is 0 Å². The van der Waals surface area contributed by atoms with Crippen LogP contribution in [-0.2, 0) is 4.79 Å². The van der Waals surface area contributed by atoms with E-state index >= 15 is 0 Å². The van der Waals surface area contributed by atoms with Crippen LogP contribution in [0.25, 0.3) is 0 Å². The number of carbonyl (C=O) groups is 1. The minimum Gasteiger partial charge on any atom is -0.377 e. The molecule has 2 heteroatoms. The first kappa shape index (κ1) is 8.21. The summed E-state index contributed by atoms with van der Waals surface area (Å²) in [5.41, 5.74) is 1.97. The molecule has 0 atom stereocenters. The SMILES string of the molecule is CC1=CC(=O)C(C)=C(C)[C]1O. The lowest BCUT2D eigenvalue weighted by Crippen LogP contribution is -2.13. The first-order chi connectivity index (χ1) is 5.04. The molecule has 2 nitrogen and oxygen atoms in total. The lowest BCUT2D eigenvalue weighted by Gasteiger charge is -2.17. The predicted molar refractivity (Wildman–Crippen MR) is 42.3 cm³/mol. The normalized spacial score (nSPS) is 20.7. The standard InChI is InChI=1S/C9H11O2/c1-5-4-8(10)6(2)7(3)9(5)11/h4,11H,1-3H3. The van der Waals surface area contributed by atoms with Crippen LogP contribution in [0, 0.1) is 6.10 Å². The van der Waals surface area contributed by atoms with Gasteiger partial charge in [0.1, 0.15) is 6.10 Å². The van der Waals surface area contributed by atoms with E-state index in [0.717, 1.165) is 0 Å². The van der Waals surface area contributed by atoms with Crippen molar-refractivity contribution in [3.8, 4) is 0 Å². The predicted octanol–water partition coefficient (Wildman–Crippen LogP) is 1.76. The van der Waals surface area contributed by atoms with Crippen molar-refractivity contribution in [2.45, 2.75) is 20.8 Å². The van der Waals surface area contributed by atoms with E-state index in [1.165, 1.54) is 6.08 Å². The van der Waals surface area contributed by atoms with Gasteiger partial charge in [-0.15, -0.1) is 0 Å². The molecule has 0 heterocycles. The van der Waals surface area contributed by atoms with Crippen molar-refractivity contribution >= 4 is 5.78 Å². The fourth-order valence-electron chi connectivity index (χ4n) is 1.03. The number of carbonyl (C=O) groups excluding carboxylic acids is 1. The first-order valence-electron chi connectivity index (χ1n) is 3.51. The summed E-state index contributed by atoms with van der Waals surface area (Å²) in [6, 6.07) is 0. The van der Waals surface area contributed by atoms with Crippen LogP contribution in [0.15, 0.2) is 22.8 Å². The van der Waals surface area contributed by atoms with Gasteiger partial charge in [0.05, 0.1) is 0 Å². The molecule has 0 aromatic rings. The molecule has 1 aliphatic rings. The third kappa shape index (κ3) is 1.26. The van der Waals surface area contributed by atoms with Crippen molar-refractivity contribution < 1.29 is 9.90 Å². The highest BCUT2D eigenvalue weighted by Gasteiger charge is 2.21. The molecule has 0 unspecified atom stereocenters. The van der Waals surface area contributed by atoms with E-state index < -0.39 is 0 Å². The van der Waals surface area contributed by atoms with Crippen LogP contribution in [0.5, 0.6) is 0 Å². The van der Waals surface area contributed by atoms with Crippen molar-refractivity contribution in [1.82, 2.24) is 0 Å². The molecule has 0 fully saturated rings. The molecule has 0 bridgehead atoms. The molecule has 11 heavy (non-hydrogen) atoms. The molecule has 0 amide bonds. The molecule has 1 N–H and O–H groups in total. The second kappa shape index (κ2) is 2.62. The Morgan fingerprint density at radius 3 is 2.27 bits per heavy atom. The Balaban J connectivity index is 3.08. The van der Waals surface area contributed by atoms with E-state index in [1.807, 2.05) is 0 Å². The van der Waals surface area contributed by atoms with Crippen LogP contribution in [0.1, 0.15) is 20.8 Å². The zero-order valence-electron chi connectivity index (χ0n) is 6.93. The maximum atomic E-state index is 11.1. The van der Waals surface area contributed by atoms with Gasteiger partial charge in [-0.25, -0.2) is 0 Å². The minimum atomic E-state index is -0.00204. The molecule has 1 rings (SSSR count). The van der Waals surface area contributed by atoms with Gasteiger partial charge >= 0.3 is 0 Å². The van der Waals surface area contributed by atoms with Gasteiger partial charge in [-0.05, 0) is 43.6 Å². The largest absolute Gasteiger partial charge is 0.377 e. The summed E-state index contributed by atoms with van der Waals surface area (Å²) in [7, 11) is 0. The molecule has 1 radical (unpaired) electrons. The summed E-state index contributed by atoms with van der Waals surface area (Å²) in [5.74, 6) is -0.00204. The third-order valence-corrected chi connectivity index (χ3v) is 2.01. The molecule has 0 spiro atoms. The second-order valence-corrected chi connectivity index (χ2v) is 2.79. The fraction of sp³-hybridized carbons (Fsp3) is 0.333. The number of aliphatic hydroxyl groups excluding tert-OH is 1. The van der Waals surface area contributed by atoms with Gasteiger partial charge in [0, 0.05) is 0 Å². The van der Waals surface area contributed by atoms with Gasteiger partial charge in [-0.1, -0.05) is 0 Å². The highest BCUT2D eigenvalue weighted by molar-refractivity contribution is 6.06. The summed E-state index contributed by atoms with van der Waals surface area (Å²) < 4.78 is 0. The van der Waals surface area contributed by atoms with Crippen LogP contribution in [0.2, 0.25) is 0 Å². The van der Waals surface area contributed by atoms with E-state index in [-0.39, 0.29) is 11.9 Å². The molecule has 59 valence electrons. The average molecular weight is 151 g/mol. The van der Waals surface area contributed by atoms with Crippen LogP contribution in [0.3, 0.4) is 0 Å². The number of allylic oxidation sites excluding steroid dienone is 2. The zero-order valence-corrected chi connectivity index (χ0v) is 6.93. The summed E-state index contributed by atoms with van der Waals surface area (Å²) in [6.07, 6.45) is 1.69. The van der Waals surface area contributed by atoms with Gasteiger partial charge in [-0.3, -0.25) is 4.79 Å². The number of ketones is 1. The molecular formula is C9H11O2. The topological polar surface area (TPSA) is 37.3 Å². The van der Waals surface area contributed by atoms with E-state index in [0.29, 0.717) is 16.7 Å². The smallest absolute Gasteiger partial charge is 0.181 e. The number of rotatable bonds is 0. The summed E-state index contributed by atoms with van der Waals surface area (Å²) in [5, 5.41) is 9.37. The number of hydrogen-bond donors (Lipinski definition) is 1. The van der Waals surface area contributed by atoms with Gasteiger partial charge < -0.3 is 5.11 Å². The molecule has 0 aromatic heterocycles. The average Bonchev–Trinajstić information content (AvgIpc) is 1.97. The second-order valence-electron chi connectivity index (χ2n) is 2.79. The fourth-order valence-corrected chi connectivity index (χ4v) is 1.03. The molecular weight excluding hydrogens is 140 g/mol. The Hall–Kier alpha value is -0.890. The van der Waals surface area contributed by atoms with Crippen molar-refractivity contribution in [1.29, 1.82) is 0 Å². The van der Waals surface area contributed by atoms with Crippen LogP contribution in [-0.4, -0.2) is 10.9 Å². The summed E-state index contributed by atoms with van der Waals surface area (Å²) in [4.78, 5) is 11.1. The molecule has 0 saturated heterocycles. The first-order valence-corrected chi connectivity index (χ1v) is 3.51. The van der Waals surface area contributed by atoms with Crippen molar-refractivity contribution in [2.75, 3.05) is 0 Å². The van der Waals surface area contributed by atoms with Crippen molar-refractivity contribution in [3.05, 3.63) is 28.9 Å². The molecule has 1 aliphatic carbocycles. The monoisotopic (exact) mass is 151 g/mol. The van der Waals surface area contributed by atoms with Gasteiger partial charge in [0.2, 0.25) is 0 Å². The summed E-state index contributed by atoms with van der Waals surface area (Å²) >= 11 is 0. The summed E-state index contributed by atoms with van der Waals surface area (Å²) in [6.45, 7) is 5.19. The molecule has 0 aliphatic heterocycles. The molecule has 0 aromatic carbocycles.